The lowest BCUT2D eigenvalue weighted by molar-refractivity contribution is -0.137. The van der Waals surface area contributed by atoms with Crippen molar-refractivity contribution in [2.75, 3.05) is 5.32 Å². The molecular formula is C20H13F3N4O. The van der Waals surface area contributed by atoms with Crippen LogP contribution < -0.4 is 5.32 Å². The van der Waals surface area contributed by atoms with Crippen LogP contribution in [-0.2, 0) is 6.18 Å². The van der Waals surface area contributed by atoms with Crippen LogP contribution in [0, 0.1) is 0 Å². The lowest BCUT2D eigenvalue weighted by atomic mass is 10.1. The smallest absolute Gasteiger partial charge is 0.416 e. The SMILES string of the molecule is Oc1cccnc1-c1ccc2c(Nc3ccc(C(F)(F)F)cc3)ncnc2c1. The molecule has 0 amide bonds. The number of rotatable bonds is 3. The third-order valence-corrected chi connectivity index (χ3v) is 4.17. The zero-order valence-corrected chi connectivity index (χ0v) is 14.3. The maximum atomic E-state index is 12.7. The molecule has 5 nitrogen and oxygen atoms in total. The van der Waals surface area contributed by atoms with E-state index < -0.39 is 11.7 Å². The molecule has 0 aliphatic rings. The van der Waals surface area contributed by atoms with Gasteiger partial charge in [-0.3, -0.25) is 4.98 Å². The molecule has 28 heavy (non-hydrogen) atoms. The molecule has 2 aromatic carbocycles. The van der Waals surface area contributed by atoms with Gasteiger partial charge in [0, 0.05) is 22.8 Å². The van der Waals surface area contributed by atoms with Crippen molar-refractivity contribution in [2.24, 2.45) is 0 Å². The van der Waals surface area contributed by atoms with Crippen molar-refractivity contribution in [1.82, 2.24) is 15.0 Å². The molecule has 0 fully saturated rings. The Kier molecular flexibility index (Phi) is 4.31. The molecule has 0 saturated heterocycles. The van der Waals surface area contributed by atoms with Crippen molar-refractivity contribution >= 4 is 22.4 Å². The number of nitrogens with one attached hydrogen (secondary N) is 1. The number of alkyl halides is 3. The summed E-state index contributed by atoms with van der Waals surface area (Å²) in [5.74, 6) is 0.514. The van der Waals surface area contributed by atoms with Gasteiger partial charge in [-0.05, 0) is 48.5 Å². The van der Waals surface area contributed by atoms with Crippen LogP contribution >= 0.6 is 0 Å². The van der Waals surface area contributed by atoms with E-state index in [-0.39, 0.29) is 5.75 Å². The fourth-order valence-electron chi connectivity index (χ4n) is 2.80. The standard InChI is InChI=1S/C20H13F3N4O/c21-20(22,23)13-4-6-14(7-5-13)27-19-15-8-3-12(10-16(15)25-11-26-19)18-17(28)2-1-9-24-18/h1-11,28H,(H,25,26,27). The monoisotopic (exact) mass is 382 g/mol. The molecule has 0 spiro atoms. The first kappa shape index (κ1) is 17.7. The van der Waals surface area contributed by atoms with Crippen LogP contribution in [0.2, 0.25) is 0 Å². The van der Waals surface area contributed by atoms with Crippen molar-refractivity contribution in [3.05, 3.63) is 72.7 Å². The third kappa shape index (κ3) is 3.44. The molecule has 0 aliphatic heterocycles. The van der Waals surface area contributed by atoms with E-state index in [1.807, 2.05) is 0 Å². The second-order valence-corrected chi connectivity index (χ2v) is 6.03. The summed E-state index contributed by atoms with van der Waals surface area (Å²) < 4.78 is 38.1. The van der Waals surface area contributed by atoms with Gasteiger partial charge >= 0.3 is 6.18 Å². The summed E-state index contributed by atoms with van der Waals surface area (Å²) >= 11 is 0. The predicted molar refractivity (Wildman–Crippen MR) is 99.2 cm³/mol. The highest BCUT2D eigenvalue weighted by molar-refractivity contribution is 5.93. The second-order valence-electron chi connectivity index (χ2n) is 6.03. The zero-order chi connectivity index (χ0) is 19.7. The quantitative estimate of drug-likeness (QED) is 0.512. The van der Waals surface area contributed by atoms with E-state index >= 15 is 0 Å². The summed E-state index contributed by atoms with van der Waals surface area (Å²) in [7, 11) is 0. The molecule has 2 N–H and O–H groups in total. The average molecular weight is 382 g/mol. The minimum absolute atomic E-state index is 0.0546. The van der Waals surface area contributed by atoms with E-state index in [2.05, 4.69) is 20.3 Å². The Labute approximate surface area is 157 Å². The van der Waals surface area contributed by atoms with Gasteiger partial charge in [-0.15, -0.1) is 0 Å². The lowest BCUT2D eigenvalue weighted by Gasteiger charge is -2.11. The summed E-state index contributed by atoms with van der Waals surface area (Å²) in [5, 5.41) is 13.7. The Morgan fingerprint density at radius 2 is 1.68 bits per heavy atom. The van der Waals surface area contributed by atoms with Gasteiger partial charge in [0.15, 0.2) is 0 Å². The van der Waals surface area contributed by atoms with E-state index in [4.69, 9.17) is 0 Å². The van der Waals surface area contributed by atoms with Crippen molar-refractivity contribution in [3.8, 4) is 17.0 Å². The molecule has 0 unspecified atom stereocenters. The van der Waals surface area contributed by atoms with E-state index in [9.17, 15) is 18.3 Å². The summed E-state index contributed by atoms with van der Waals surface area (Å²) in [6.07, 6.45) is -1.44. The Morgan fingerprint density at radius 3 is 2.39 bits per heavy atom. The number of anilines is 2. The Balaban J connectivity index is 1.68. The van der Waals surface area contributed by atoms with E-state index in [1.54, 1.807) is 36.5 Å². The van der Waals surface area contributed by atoms with E-state index in [1.165, 1.54) is 18.5 Å². The number of nitrogens with zero attached hydrogens (tertiary/aromatic N) is 3. The number of pyridine rings is 1. The van der Waals surface area contributed by atoms with E-state index in [0.717, 1.165) is 12.1 Å². The summed E-state index contributed by atoms with van der Waals surface area (Å²) in [6.45, 7) is 0. The zero-order valence-electron chi connectivity index (χ0n) is 14.3. The van der Waals surface area contributed by atoms with Gasteiger partial charge in [0.1, 0.15) is 23.6 Å². The Morgan fingerprint density at radius 1 is 0.893 bits per heavy atom. The minimum Gasteiger partial charge on any atom is -0.506 e. The number of benzene rings is 2. The van der Waals surface area contributed by atoms with Crippen LogP contribution in [0.15, 0.2) is 67.1 Å². The molecule has 8 heteroatoms. The Bertz CT molecular complexity index is 1140. The maximum absolute atomic E-state index is 12.7. The van der Waals surface area contributed by atoms with Crippen molar-refractivity contribution < 1.29 is 18.3 Å². The summed E-state index contributed by atoms with van der Waals surface area (Å²) in [5.41, 5.74) is 1.47. The minimum atomic E-state index is -4.38. The Hall–Kier alpha value is -3.68. The maximum Gasteiger partial charge on any atom is 0.416 e. The first-order valence-electron chi connectivity index (χ1n) is 8.25. The molecular weight excluding hydrogens is 369 g/mol. The largest absolute Gasteiger partial charge is 0.506 e. The molecule has 140 valence electrons. The first-order valence-corrected chi connectivity index (χ1v) is 8.25. The van der Waals surface area contributed by atoms with Gasteiger partial charge in [0.05, 0.1) is 11.1 Å². The second kappa shape index (κ2) is 6.80. The van der Waals surface area contributed by atoms with Crippen LogP contribution in [0.5, 0.6) is 5.75 Å². The lowest BCUT2D eigenvalue weighted by Crippen LogP contribution is -2.04. The fourth-order valence-corrected chi connectivity index (χ4v) is 2.80. The molecule has 4 aromatic rings. The van der Waals surface area contributed by atoms with Crippen LogP contribution in [-0.4, -0.2) is 20.1 Å². The van der Waals surface area contributed by atoms with Gasteiger partial charge in [0.25, 0.3) is 0 Å². The van der Waals surface area contributed by atoms with Gasteiger partial charge < -0.3 is 10.4 Å². The number of hydrogen-bond acceptors (Lipinski definition) is 5. The van der Waals surface area contributed by atoms with E-state index in [0.29, 0.717) is 33.7 Å². The third-order valence-electron chi connectivity index (χ3n) is 4.17. The topological polar surface area (TPSA) is 70.9 Å². The molecule has 0 radical (unpaired) electrons. The first-order chi connectivity index (χ1) is 13.4. The average Bonchev–Trinajstić information content (AvgIpc) is 2.68. The molecule has 0 saturated carbocycles. The van der Waals surface area contributed by atoms with Crippen molar-refractivity contribution in [1.29, 1.82) is 0 Å². The fraction of sp³-hybridized carbons (Fsp3) is 0.0500. The van der Waals surface area contributed by atoms with Gasteiger partial charge in [-0.1, -0.05) is 6.07 Å². The highest BCUT2D eigenvalue weighted by Crippen LogP contribution is 2.32. The molecule has 4 rings (SSSR count). The molecule has 0 bridgehead atoms. The van der Waals surface area contributed by atoms with Crippen molar-refractivity contribution in [3.63, 3.8) is 0 Å². The number of fused-ring (bicyclic) bond motifs is 1. The number of aromatic nitrogens is 3. The van der Waals surface area contributed by atoms with Crippen molar-refractivity contribution in [2.45, 2.75) is 6.18 Å². The summed E-state index contributed by atoms with van der Waals surface area (Å²) in [4.78, 5) is 12.6. The molecule has 0 atom stereocenters. The molecule has 0 aliphatic carbocycles. The van der Waals surface area contributed by atoms with Gasteiger partial charge in [-0.25, -0.2) is 9.97 Å². The normalized spacial score (nSPS) is 11.5. The number of hydrogen-bond donors (Lipinski definition) is 2. The van der Waals surface area contributed by atoms with Crippen LogP contribution in [0.25, 0.3) is 22.2 Å². The van der Waals surface area contributed by atoms with Gasteiger partial charge in [-0.2, -0.15) is 13.2 Å². The van der Waals surface area contributed by atoms with Crippen LogP contribution in [0.1, 0.15) is 5.56 Å². The molecule has 2 aromatic heterocycles. The van der Waals surface area contributed by atoms with Crippen LogP contribution in [0.3, 0.4) is 0 Å². The predicted octanol–water partition coefficient (Wildman–Crippen LogP) is 5.16. The van der Waals surface area contributed by atoms with Gasteiger partial charge in [0.2, 0.25) is 0 Å². The number of aromatic hydroxyl groups is 1. The highest BCUT2D eigenvalue weighted by atomic mass is 19.4. The highest BCUT2D eigenvalue weighted by Gasteiger charge is 2.29. The summed E-state index contributed by atoms with van der Waals surface area (Å²) in [6, 6.07) is 13.2. The van der Waals surface area contributed by atoms with Crippen LogP contribution in [0.4, 0.5) is 24.7 Å². The number of halogens is 3. The molecule has 2 heterocycles.